The minimum atomic E-state index is 0.266. The third-order valence-electron chi connectivity index (χ3n) is 3.65. The lowest BCUT2D eigenvalue weighted by Crippen LogP contribution is -2.41. The maximum atomic E-state index is 9.00. The van der Waals surface area contributed by atoms with Crippen LogP contribution in [0, 0.1) is 0 Å². The largest absolute Gasteiger partial charge is 0.396 e. The van der Waals surface area contributed by atoms with Crippen LogP contribution in [0.1, 0.15) is 33.6 Å². The molecule has 0 fully saturated rings. The van der Waals surface area contributed by atoms with Crippen molar-refractivity contribution in [3.8, 4) is 0 Å². The molecule has 0 aliphatic rings. The maximum Gasteiger partial charge on any atom is 0.0446 e. The van der Waals surface area contributed by atoms with Gasteiger partial charge in [-0.2, -0.15) is 0 Å². The van der Waals surface area contributed by atoms with E-state index in [2.05, 4.69) is 35.9 Å². The molecule has 0 aromatic carbocycles. The van der Waals surface area contributed by atoms with E-state index in [1.54, 1.807) is 0 Å². The summed E-state index contributed by atoms with van der Waals surface area (Å²) in [5.41, 5.74) is 0. The molecular weight excluding hydrogens is 226 g/mol. The van der Waals surface area contributed by atoms with E-state index in [0.29, 0.717) is 6.04 Å². The van der Waals surface area contributed by atoms with Gasteiger partial charge in [-0.3, -0.25) is 0 Å². The van der Waals surface area contributed by atoms with Crippen molar-refractivity contribution in [2.75, 3.05) is 52.9 Å². The Bertz CT molecular complexity index is 174. The highest BCUT2D eigenvalue weighted by molar-refractivity contribution is 4.70. The number of aliphatic hydroxyl groups is 1. The summed E-state index contributed by atoms with van der Waals surface area (Å²) in [5, 5.41) is 12.3. The van der Waals surface area contributed by atoms with Crippen LogP contribution >= 0.6 is 0 Å². The molecular formula is C14H33N3O. The average molecular weight is 259 g/mol. The quantitative estimate of drug-likeness (QED) is 0.549. The van der Waals surface area contributed by atoms with Crippen LogP contribution in [-0.4, -0.2) is 73.9 Å². The van der Waals surface area contributed by atoms with Crippen LogP contribution in [0.25, 0.3) is 0 Å². The van der Waals surface area contributed by atoms with Crippen molar-refractivity contribution in [1.82, 2.24) is 15.1 Å². The second kappa shape index (κ2) is 11.9. The van der Waals surface area contributed by atoms with Gasteiger partial charge in [0.1, 0.15) is 0 Å². The molecule has 0 rings (SSSR count). The first-order valence-corrected chi connectivity index (χ1v) is 7.44. The summed E-state index contributed by atoms with van der Waals surface area (Å²) in [5.74, 6) is 0. The first kappa shape index (κ1) is 17.8. The van der Waals surface area contributed by atoms with Crippen LogP contribution in [0.3, 0.4) is 0 Å². The first-order chi connectivity index (χ1) is 8.71. The highest BCUT2D eigenvalue weighted by Gasteiger charge is 2.11. The van der Waals surface area contributed by atoms with E-state index >= 15 is 0 Å². The van der Waals surface area contributed by atoms with Crippen molar-refractivity contribution in [2.24, 2.45) is 0 Å². The second-order valence-corrected chi connectivity index (χ2v) is 4.77. The third kappa shape index (κ3) is 8.03. The zero-order valence-electron chi connectivity index (χ0n) is 12.8. The van der Waals surface area contributed by atoms with Crippen molar-refractivity contribution < 1.29 is 5.11 Å². The van der Waals surface area contributed by atoms with Gasteiger partial charge in [0.05, 0.1) is 0 Å². The van der Waals surface area contributed by atoms with E-state index < -0.39 is 0 Å². The van der Waals surface area contributed by atoms with Crippen LogP contribution in [0.2, 0.25) is 0 Å². The molecule has 4 heteroatoms. The van der Waals surface area contributed by atoms with Gasteiger partial charge in [-0.1, -0.05) is 20.8 Å². The fourth-order valence-electron chi connectivity index (χ4n) is 2.23. The number of aliphatic hydroxyl groups excluding tert-OH is 1. The zero-order valence-corrected chi connectivity index (χ0v) is 12.8. The molecule has 110 valence electrons. The van der Waals surface area contributed by atoms with Gasteiger partial charge in [0, 0.05) is 19.2 Å². The number of rotatable bonds is 12. The smallest absolute Gasteiger partial charge is 0.0446 e. The molecule has 1 unspecified atom stereocenters. The van der Waals surface area contributed by atoms with Gasteiger partial charge in [-0.05, 0) is 52.6 Å². The van der Waals surface area contributed by atoms with Crippen LogP contribution in [-0.2, 0) is 0 Å². The topological polar surface area (TPSA) is 38.7 Å². The number of hydrogen-bond acceptors (Lipinski definition) is 4. The minimum Gasteiger partial charge on any atom is -0.396 e. The SMILES string of the molecule is CCN(CC)CCCN(CC)CC(CCO)NC. The van der Waals surface area contributed by atoms with E-state index in [0.717, 1.165) is 39.1 Å². The molecule has 0 radical (unpaired) electrons. The molecule has 0 spiro atoms. The van der Waals surface area contributed by atoms with Crippen LogP contribution in [0.15, 0.2) is 0 Å². The zero-order chi connectivity index (χ0) is 13.8. The molecule has 0 heterocycles. The lowest BCUT2D eigenvalue weighted by atomic mass is 10.2. The average Bonchev–Trinajstić information content (AvgIpc) is 2.41. The van der Waals surface area contributed by atoms with E-state index in [1.165, 1.54) is 13.0 Å². The third-order valence-corrected chi connectivity index (χ3v) is 3.65. The van der Waals surface area contributed by atoms with Crippen molar-refractivity contribution in [1.29, 1.82) is 0 Å². The predicted molar refractivity (Wildman–Crippen MR) is 79.1 cm³/mol. The van der Waals surface area contributed by atoms with Gasteiger partial charge in [0.25, 0.3) is 0 Å². The summed E-state index contributed by atoms with van der Waals surface area (Å²) in [4.78, 5) is 4.94. The molecule has 0 aliphatic carbocycles. The standard InChI is InChI=1S/C14H33N3O/c1-5-16(6-2)10-8-11-17(7-3)13-14(15-4)9-12-18/h14-15,18H,5-13H2,1-4H3. The van der Waals surface area contributed by atoms with Gasteiger partial charge in [0.15, 0.2) is 0 Å². The molecule has 0 aliphatic heterocycles. The Morgan fingerprint density at radius 2 is 1.56 bits per heavy atom. The molecule has 0 amide bonds. The molecule has 2 N–H and O–H groups in total. The molecule has 4 nitrogen and oxygen atoms in total. The molecule has 0 aromatic rings. The minimum absolute atomic E-state index is 0.266. The summed E-state index contributed by atoms with van der Waals surface area (Å²) >= 11 is 0. The molecule has 0 bridgehead atoms. The Morgan fingerprint density at radius 1 is 1.00 bits per heavy atom. The summed E-state index contributed by atoms with van der Waals surface area (Å²) in [6.07, 6.45) is 2.06. The van der Waals surface area contributed by atoms with Gasteiger partial charge in [-0.25, -0.2) is 0 Å². The lowest BCUT2D eigenvalue weighted by Gasteiger charge is -2.27. The van der Waals surface area contributed by atoms with Crippen molar-refractivity contribution in [3.05, 3.63) is 0 Å². The van der Waals surface area contributed by atoms with E-state index in [4.69, 9.17) is 5.11 Å². The number of nitrogens with one attached hydrogen (secondary N) is 1. The van der Waals surface area contributed by atoms with Gasteiger partial charge >= 0.3 is 0 Å². The summed E-state index contributed by atoms with van der Waals surface area (Å²) in [7, 11) is 1.98. The van der Waals surface area contributed by atoms with Gasteiger partial charge in [0.2, 0.25) is 0 Å². The van der Waals surface area contributed by atoms with E-state index in [-0.39, 0.29) is 6.61 Å². The molecule has 0 saturated heterocycles. The van der Waals surface area contributed by atoms with E-state index in [1.807, 2.05) is 7.05 Å². The Kier molecular flexibility index (Phi) is 11.8. The number of likely N-dealkylation sites (N-methyl/N-ethyl adjacent to an activating group) is 2. The van der Waals surface area contributed by atoms with E-state index in [9.17, 15) is 0 Å². The fourth-order valence-corrected chi connectivity index (χ4v) is 2.23. The highest BCUT2D eigenvalue weighted by atomic mass is 16.3. The second-order valence-electron chi connectivity index (χ2n) is 4.77. The van der Waals surface area contributed by atoms with Crippen LogP contribution < -0.4 is 5.32 Å². The van der Waals surface area contributed by atoms with Gasteiger partial charge < -0.3 is 20.2 Å². The number of nitrogens with zero attached hydrogens (tertiary/aromatic N) is 2. The molecule has 0 aromatic heterocycles. The summed E-state index contributed by atoms with van der Waals surface area (Å²) in [6, 6.07) is 0.406. The Labute approximate surface area is 113 Å². The highest BCUT2D eigenvalue weighted by Crippen LogP contribution is 1.99. The summed E-state index contributed by atoms with van der Waals surface area (Å²) in [6.45, 7) is 13.7. The fraction of sp³-hybridized carbons (Fsp3) is 1.00. The molecule has 18 heavy (non-hydrogen) atoms. The van der Waals surface area contributed by atoms with Gasteiger partial charge in [-0.15, -0.1) is 0 Å². The maximum absolute atomic E-state index is 9.00. The molecule has 0 saturated carbocycles. The number of hydrogen-bond donors (Lipinski definition) is 2. The Hall–Kier alpha value is -0.160. The van der Waals surface area contributed by atoms with Crippen molar-refractivity contribution in [3.63, 3.8) is 0 Å². The lowest BCUT2D eigenvalue weighted by molar-refractivity contribution is 0.205. The normalized spacial score (nSPS) is 13.5. The monoisotopic (exact) mass is 259 g/mol. The Morgan fingerprint density at radius 3 is 2.00 bits per heavy atom. The molecule has 1 atom stereocenters. The first-order valence-electron chi connectivity index (χ1n) is 7.44. The van der Waals surface area contributed by atoms with Crippen LogP contribution in [0.5, 0.6) is 0 Å². The van der Waals surface area contributed by atoms with Crippen molar-refractivity contribution in [2.45, 2.75) is 39.7 Å². The van der Waals surface area contributed by atoms with Crippen molar-refractivity contribution >= 4 is 0 Å². The summed E-state index contributed by atoms with van der Waals surface area (Å²) < 4.78 is 0. The Balaban J connectivity index is 3.87. The van der Waals surface area contributed by atoms with Crippen LogP contribution in [0.4, 0.5) is 0 Å². The predicted octanol–water partition coefficient (Wildman–Crippen LogP) is 1.01.